The molecule has 5 heteroatoms. The fraction of sp³-hybridized carbons (Fsp3) is 0.412. The Morgan fingerprint density at radius 3 is 2.77 bits per heavy atom. The third-order valence-corrected chi connectivity index (χ3v) is 4.01. The zero-order valence-electron chi connectivity index (χ0n) is 12.9. The van der Waals surface area contributed by atoms with E-state index in [2.05, 4.69) is 0 Å². The predicted molar refractivity (Wildman–Crippen MR) is 83.2 cm³/mol. The lowest BCUT2D eigenvalue weighted by atomic mass is 9.95. The largest absolute Gasteiger partial charge is 0.483 e. The molecule has 0 radical (unpaired) electrons. The third kappa shape index (κ3) is 2.58. The van der Waals surface area contributed by atoms with Crippen molar-refractivity contribution in [2.45, 2.75) is 38.7 Å². The molecule has 0 atom stereocenters. The highest BCUT2D eigenvalue weighted by atomic mass is 16.5. The molecule has 0 saturated carbocycles. The monoisotopic (exact) mass is 300 g/mol. The first kappa shape index (κ1) is 14.6. The van der Waals surface area contributed by atoms with Crippen LogP contribution in [0.5, 0.6) is 5.75 Å². The van der Waals surface area contributed by atoms with Crippen LogP contribution < -0.4 is 10.5 Å². The summed E-state index contributed by atoms with van der Waals surface area (Å²) in [7, 11) is 0. The van der Waals surface area contributed by atoms with Gasteiger partial charge in [-0.3, -0.25) is 9.59 Å². The lowest BCUT2D eigenvalue weighted by molar-refractivity contribution is -0.129. The summed E-state index contributed by atoms with van der Waals surface area (Å²) in [6.07, 6.45) is 4.42. The molecule has 1 fully saturated rings. The highest BCUT2D eigenvalue weighted by Crippen LogP contribution is 2.39. The van der Waals surface area contributed by atoms with E-state index < -0.39 is 11.5 Å². The zero-order chi connectivity index (χ0) is 15.9. The molecule has 0 unspecified atom stereocenters. The molecule has 2 N–H and O–H groups in total. The van der Waals surface area contributed by atoms with E-state index in [4.69, 9.17) is 10.5 Å². The Balaban J connectivity index is 2.11. The Labute approximate surface area is 129 Å². The van der Waals surface area contributed by atoms with Gasteiger partial charge in [-0.05, 0) is 51.0 Å². The van der Waals surface area contributed by atoms with Crippen LogP contribution in [0.25, 0.3) is 5.70 Å². The molecule has 3 rings (SSSR count). The molecule has 1 aromatic rings. The molecule has 2 aliphatic rings. The maximum Gasteiger partial charge on any atom is 0.248 e. The van der Waals surface area contributed by atoms with E-state index in [0.717, 1.165) is 24.1 Å². The topological polar surface area (TPSA) is 72.6 Å². The summed E-state index contributed by atoms with van der Waals surface area (Å²) in [5, 5.41) is 0. The lowest BCUT2D eigenvalue weighted by Gasteiger charge is -2.37. The minimum absolute atomic E-state index is 0.116. The molecule has 0 bridgehead atoms. The van der Waals surface area contributed by atoms with Gasteiger partial charge in [-0.1, -0.05) is 0 Å². The van der Waals surface area contributed by atoms with E-state index in [0.29, 0.717) is 24.3 Å². The van der Waals surface area contributed by atoms with Gasteiger partial charge in [-0.25, -0.2) is 0 Å². The Bertz CT molecular complexity index is 676. The molecule has 0 aromatic heterocycles. The van der Waals surface area contributed by atoms with Gasteiger partial charge in [0.1, 0.15) is 11.4 Å². The van der Waals surface area contributed by atoms with Crippen LogP contribution in [0.4, 0.5) is 0 Å². The van der Waals surface area contributed by atoms with Crippen molar-refractivity contribution in [3.05, 3.63) is 35.4 Å². The van der Waals surface area contributed by atoms with Crippen LogP contribution in [0, 0.1) is 0 Å². The molecule has 2 aliphatic heterocycles. The summed E-state index contributed by atoms with van der Waals surface area (Å²) in [6.45, 7) is 4.60. The number of piperidine rings is 1. The molecule has 2 amide bonds. The first-order valence-corrected chi connectivity index (χ1v) is 7.54. The summed E-state index contributed by atoms with van der Waals surface area (Å²) in [6, 6.07) is 5.11. The van der Waals surface area contributed by atoms with Crippen molar-refractivity contribution in [3.63, 3.8) is 0 Å². The number of primary amides is 1. The number of rotatable bonds is 2. The summed E-state index contributed by atoms with van der Waals surface area (Å²) >= 11 is 0. The maximum atomic E-state index is 12.3. The number of hydrogen-bond donors (Lipinski definition) is 1. The minimum Gasteiger partial charge on any atom is -0.483 e. The molecule has 5 nitrogen and oxygen atoms in total. The van der Waals surface area contributed by atoms with E-state index in [1.165, 1.54) is 0 Å². The molecule has 1 aromatic carbocycles. The highest BCUT2D eigenvalue weighted by molar-refractivity contribution is 5.95. The Hall–Kier alpha value is -2.30. The average molecular weight is 300 g/mol. The fourth-order valence-electron chi connectivity index (χ4n) is 2.98. The van der Waals surface area contributed by atoms with E-state index in [-0.39, 0.29) is 5.91 Å². The lowest BCUT2D eigenvalue weighted by Crippen LogP contribution is -2.38. The fourth-order valence-corrected chi connectivity index (χ4v) is 2.98. The van der Waals surface area contributed by atoms with Crippen LogP contribution in [-0.2, 0) is 4.79 Å². The molecule has 2 heterocycles. The van der Waals surface area contributed by atoms with E-state index in [1.807, 2.05) is 19.9 Å². The van der Waals surface area contributed by atoms with Crippen molar-refractivity contribution in [1.82, 2.24) is 4.90 Å². The Morgan fingerprint density at radius 2 is 2.09 bits per heavy atom. The van der Waals surface area contributed by atoms with Crippen LogP contribution in [0.2, 0.25) is 0 Å². The summed E-state index contributed by atoms with van der Waals surface area (Å²) in [5.41, 5.74) is 6.85. The molecule has 22 heavy (non-hydrogen) atoms. The third-order valence-electron chi connectivity index (χ3n) is 4.01. The normalized spacial score (nSPS) is 20.0. The number of carbonyl (C=O) groups is 2. The molecule has 116 valence electrons. The average Bonchev–Trinajstić information content (AvgIpc) is 2.45. The second-order valence-corrected chi connectivity index (χ2v) is 6.31. The second-order valence-electron chi connectivity index (χ2n) is 6.31. The standard InChI is InChI=1S/C17H20N2O3/c1-17(2)10-13(19-8-4-3-5-15(19)20)12-9-11(16(18)21)6-7-14(12)22-17/h6-7,9-10H,3-5,8H2,1-2H3,(H2,18,21). The van der Waals surface area contributed by atoms with E-state index in [9.17, 15) is 9.59 Å². The van der Waals surface area contributed by atoms with Crippen molar-refractivity contribution in [2.75, 3.05) is 6.54 Å². The Kier molecular flexibility index (Phi) is 3.43. The molecular formula is C17H20N2O3. The van der Waals surface area contributed by atoms with Gasteiger partial charge in [0.25, 0.3) is 0 Å². The number of likely N-dealkylation sites (tertiary alicyclic amines) is 1. The number of hydrogen-bond acceptors (Lipinski definition) is 3. The van der Waals surface area contributed by atoms with Gasteiger partial charge in [0.15, 0.2) is 0 Å². The van der Waals surface area contributed by atoms with Gasteiger partial charge in [-0.15, -0.1) is 0 Å². The quantitative estimate of drug-likeness (QED) is 0.911. The minimum atomic E-state index is -0.506. The number of carbonyl (C=O) groups excluding carboxylic acids is 2. The van der Waals surface area contributed by atoms with Crippen LogP contribution in [0.1, 0.15) is 49.0 Å². The van der Waals surface area contributed by atoms with Gasteiger partial charge in [0, 0.05) is 24.1 Å². The Morgan fingerprint density at radius 1 is 1.32 bits per heavy atom. The van der Waals surface area contributed by atoms with E-state index in [1.54, 1.807) is 23.1 Å². The second kappa shape index (κ2) is 5.16. The maximum absolute atomic E-state index is 12.3. The SMILES string of the molecule is CC1(C)C=C(N2CCCCC2=O)c2cc(C(N)=O)ccc2O1. The highest BCUT2D eigenvalue weighted by Gasteiger charge is 2.32. The van der Waals surface area contributed by atoms with Gasteiger partial charge in [-0.2, -0.15) is 0 Å². The van der Waals surface area contributed by atoms with Crippen molar-refractivity contribution >= 4 is 17.5 Å². The predicted octanol–water partition coefficient (Wildman–Crippen LogP) is 2.31. The van der Waals surface area contributed by atoms with Crippen molar-refractivity contribution in [3.8, 4) is 5.75 Å². The van der Waals surface area contributed by atoms with Crippen molar-refractivity contribution in [1.29, 1.82) is 0 Å². The number of benzene rings is 1. The summed E-state index contributed by atoms with van der Waals surface area (Å²) < 4.78 is 5.94. The zero-order valence-corrected chi connectivity index (χ0v) is 12.9. The van der Waals surface area contributed by atoms with Crippen LogP contribution in [0.3, 0.4) is 0 Å². The van der Waals surface area contributed by atoms with E-state index >= 15 is 0 Å². The van der Waals surface area contributed by atoms with Gasteiger partial charge in [0.2, 0.25) is 11.8 Å². The van der Waals surface area contributed by atoms with Crippen LogP contribution in [-0.4, -0.2) is 28.9 Å². The summed E-state index contributed by atoms with van der Waals surface area (Å²) in [4.78, 5) is 25.5. The number of amides is 2. The summed E-state index contributed by atoms with van der Waals surface area (Å²) in [5.74, 6) is 0.299. The molecular weight excluding hydrogens is 280 g/mol. The number of nitrogens with two attached hydrogens (primary N) is 1. The number of nitrogens with zero attached hydrogens (tertiary/aromatic N) is 1. The van der Waals surface area contributed by atoms with Gasteiger partial charge >= 0.3 is 0 Å². The van der Waals surface area contributed by atoms with Crippen LogP contribution >= 0.6 is 0 Å². The first-order chi connectivity index (χ1) is 10.4. The van der Waals surface area contributed by atoms with Crippen LogP contribution in [0.15, 0.2) is 24.3 Å². The van der Waals surface area contributed by atoms with Crippen molar-refractivity contribution in [2.24, 2.45) is 5.73 Å². The van der Waals surface area contributed by atoms with Gasteiger partial charge in [0.05, 0.1) is 5.70 Å². The molecule has 1 saturated heterocycles. The first-order valence-electron chi connectivity index (χ1n) is 7.54. The smallest absolute Gasteiger partial charge is 0.248 e. The number of ether oxygens (including phenoxy) is 1. The van der Waals surface area contributed by atoms with Gasteiger partial charge < -0.3 is 15.4 Å². The number of fused-ring (bicyclic) bond motifs is 1. The molecule has 0 spiro atoms. The molecule has 0 aliphatic carbocycles. The van der Waals surface area contributed by atoms with Crippen molar-refractivity contribution < 1.29 is 14.3 Å².